The number of nitrogens with two attached hydrogens (primary N) is 1. The number of nitrogens with zero attached hydrogens (tertiary/aromatic N) is 5. The monoisotopic (exact) mass is 1150 g/mol. The van der Waals surface area contributed by atoms with Gasteiger partial charge in [0.15, 0.2) is 0 Å². The van der Waals surface area contributed by atoms with Crippen LogP contribution >= 0.6 is 58.0 Å². The third kappa shape index (κ3) is 25.2. The van der Waals surface area contributed by atoms with E-state index in [1.54, 1.807) is 39.0 Å². The van der Waals surface area contributed by atoms with Gasteiger partial charge in [0.05, 0.1) is 22.3 Å². The number of rotatable bonds is 9. The van der Waals surface area contributed by atoms with Crippen molar-refractivity contribution in [1.82, 2.24) is 19.9 Å². The maximum Gasteiger partial charge on any atom is 0.338 e. The van der Waals surface area contributed by atoms with Crippen LogP contribution < -0.4 is 21.3 Å². The van der Waals surface area contributed by atoms with Crippen LogP contribution in [0.25, 0.3) is 0 Å². The van der Waals surface area contributed by atoms with E-state index in [2.05, 4.69) is 35.5 Å². The third-order valence-corrected chi connectivity index (χ3v) is 13.1. The summed E-state index contributed by atoms with van der Waals surface area (Å²) in [6, 6.07) is 13.3. The van der Waals surface area contributed by atoms with E-state index < -0.39 is 29.1 Å². The molecule has 9 rings (SSSR count). The highest BCUT2D eigenvalue weighted by Gasteiger charge is 2.24. The summed E-state index contributed by atoms with van der Waals surface area (Å²) in [5.41, 5.74) is 5.40. The van der Waals surface area contributed by atoms with Crippen LogP contribution in [0.5, 0.6) is 0 Å². The van der Waals surface area contributed by atoms with Crippen molar-refractivity contribution in [2.45, 2.75) is 186 Å². The number of esters is 2. The van der Waals surface area contributed by atoms with E-state index in [0.29, 0.717) is 51.6 Å². The van der Waals surface area contributed by atoms with E-state index in [9.17, 15) is 24.3 Å². The van der Waals surface area contributed by atoms with Gasteiger partial charge in [-0.2, -0.15) is 0 Å². The number of carboxylic acid groups (broad SMARTS) is 2. The number of ether oxygens (including phenoxy) is 2. The van der Waals surface area contributed by atoms with E-state index >= 15 is 0 Å². The second kappa shape index (κ2) is 31.6. The number of hydrogen-bond acceptors (Lipinski definition) is 14. The van der Waals surface area contributed by atoms with Crippen molar-refractivity contribution in [2.24, 2.45) is 5.73 Å². The summed E-state index contributed by atoms with van der Waals surface area (Å²) < 4.78 is 10.5. The van der Waals surface area contributed by atoms with Gasteiger partial charge in [-0.1, -0.05) is 103 Å². The zero-order valence-electron chi connectivity index (χ0n) is 44.5. The lowest BCUT2D eigenvalue weighted by Crippen LogP contribution is -2.31. The van der Waals surface area contributed by atoms with Gasteiger partial charge in [-0.15, -0.1) is 0 Å². The molecule has 4 aliphatic carbocycles. The molecule has 1 saturated heterocycles. The second-order valence-corrected chi connectivity index (χ2v) is 23.1. The normalized spacial score (nSPS) is 16.3. The first-order chi connectivity index (χ1) is 35.8. The second-order valence-electron chi connectivity index (χ2n) is 21.2. The fourth-order valence-corrected chi connectivity index (χ4v) is 8.69. The lowest BCUT2D eigenvalue weighted by molar-refractivity contribution is 0.00569. The zero-order chi connectivity index (χ0) is 56.0. The molecule has 0 spiro atoms. The Kier molecular flexibility index (Phi) is 26.6. The molecule has 4 saturated carbocycles. The van der Waals surface area contributed by atoms with Gasteiger partial charge in [-0.3, -0.25) is 0 Å². The fraction of sp³-hybridized carbons (Fsp3) is 0.564. The molecule has 0 unspecified atom stereocenters. The molecule has 6 N–H and O–H groups in total. The molecular weight excluding hydrogens is 1080 g/mol. The van der Waals surface area contributed by atoms with Crippen LogP contribution in [0, 0.1) is 0 Å². The Morgan fingerprint density at radius 3 is 1.14 bits per heavy atom. The van der Waals surface area contributed by atoms with Gasteiger partial charge < -0.3 is 41.0 Å². The van der Waals surface area contributed by atoms with Crippen molar-refractivity contribution in [3.05, 3.63) is 96.6 Å². The van der Waals surface area contributed by atoms with Gasteiger partial charge in [-0.25, -0.2) is 39.1 Å². The summed E-state index contributed by atoms with van der Waals surface area (Å²) in [5, 5.41) is 25.2. The van der Waals surface area contributed by atoms with Crippen LogP contribution in [0.4, 0.5) is 17.5 Å². The molecule has 0 atom stereocenters. The van der Waals surface area contributed by atoms with Crippen molar-refractivity contribution >= 4 is 99.3 Å². The molecule has 4 aromatic heterocycles. The molecule has 5 fully saturated rings. The Bertz CT molecular complexity index is 2450. The third-order valence-electron chi connectivity index (χ3n) is 12.1. The Hall–Kier alpha value is -4.71. The van der Waals surface area contributed by atoms with Gasteiger partial charge in [0.25, 0.3) is 0 Å². The predicted molar refractivity (Wildman–Crippen MR) is 304 cm³/mol. The van der Waals surface area contributed by atoms with Crippen molar-refractivity contribution in [1.29, 1.82) is 0 Å². The topological polar surface area (TPSA) is 232 Å². The molecule has 1 aliphatic heterocycles. The highest BCUT2D eigenvalue weighted by molar-refractivity contribution is 6.33. The summed E-state index contributed by atoms with van der Waals surface area (Å²) in [4.78, 5) is 63.5. The van der Waals surface area contributed by atoms with E-state index in [4.69, 9.17) is 78.3 Å². The van der Waals surface area contributed by atoms with Crippen molar-refractivity contribution in [2.75, 3.05) is 28.6 Å². The zero-order valence-corrected chi connectivity index (χ0v) is 48.3. The first-order valence-corrected chi connectivity index (χ1v) is 28.0. The van der Waals surface area contributed by atoms with Crippen LogP contribution in [-0.2, 0) is 9.47 Å². The number of halogens is 5. The maximum atomic E-state index is 12.0. The summed E-state index contributed by atoms with van der Waals surface area (Å²) in [5.74, 6) is -0.666. The summed E-state index contributed by atoms with van der Waals surface area (Å²) in [6.45, 7) is 12.8. The molecule has 5 aliphatic rings. The average molecular weight is 1150 g/mol. The standard InChI is InChI=1S/C15H21N3O2.C14H19ClN2O2.C10H11Cl2NO2.C6H3Cl2NO2.C6H12.C4H9N/c19-15(20)11-9-13(16-12-5-4-6-12)17-14(10-11)18-7-2-1-3-8-18;1-14(2,3)19-13(18)9-7-11(15)17-12(8-9)16-10-5-4-6-10;1-10(2,3)15-9(14)6-4-7(11)13-8(12)5-6;7-4-1-3(6(10)11)2-5(8)9-4;1-2-4-6-5-3-1;5-4-2-1-3-4/h9-10,12H,1-8H2,(H,16,17)(H,19,20);7-8,10H,4-6H2,1-3H3,(H,16,17);4-5H,1-3H3;1-2H,(H,10,11);1-6H2;4H,1-3,5H2. The minimum Gasteiger partial charge on any atom is -0.478 e. The molecular formula is C55H75Cl5N8O8. The molecule has 16 nitrogen and oxygen atoms in total. The first kappa shape index (κ1) is 63.8. The van der Waals surface area contributed by atoms with Crippen LogP contribution in [0.3, 0.4) is 0 Å². The van der Waals surface area contributed by atoms with Crippen LogP contribution in [0.15, 0.2) is 48.5 Å². The van der Waals surface area contributed by atoms with Crippen LogP contribution in [0.2, 0.25) is 25.8 Å². The minimum absolute atomic E-state index is 0.0370. The minimum atomic E-state index is -1.07. The summed E-state index contributed by atoms with van der Waals surface area (Å²) in [6.07, 6.45) is 23.5. The number of carbonyl (C=O) groups is 4. The number of carbonyl (C=O) groups excluding carboxylic acids is 2. The molecule has 76 heavy (non-hydrogen) atoms. The Labute approximate surface area is 472 Å². The number of carboxylic acids is 2. The van der Waals surface area contributed by atoms with E-state index in [1.807, 2.05) is 20.8 Å². The van der Waals surface area contributed by atoms with Gasteiger partial charge in [0.2, 0.25) is 0 Å². The van der Waals surface area contributed by atoms with E-state index in [1.165, 1.54) is 107 Å². The number of piperidine rings is 1. The largest absolute Gasteiger partial charge is 0.478 e. The molecule has 21 heteroatoms. The highest BCUT2D eigenvalue weighted by atomic mass is 35.5. The Morgan fingerprint density at radius 2 is 0.803 bits per heavy atom. The maximum absolute atomic E-state index is 12.0. The SMILES string of the molecule is C1CCCCC1.CC(C)(C)OC(=O)c1cc(Cl)nc(Cl)c1.CC(C)(C)OC(=O)c1cc(Cl)nc(NC2CCC2)c1.NC1CCC1.O=C(O)c1cc(Cl)nc(Cl)c1.O=C(O)c1cc(NC2CCC2)nc(N2CCCCC2)c1. The molecule has 0 radical (unpaired) electrons. The number of nitrogens with one attached hydrogen (secondary N) is 2. The lowest BCUT2D eigenvalue weighted by atomic mass is 9.93. The van der Waals surface area contributed by atoms with Crippen LogP contribution in [0.1, 0.15) is 199 Å². The predicted octanol–water partition coefficient (Wildman–Crippen LogP) is 14.7. The van der Waals surface area contributed by atoms with Crippen molar-refractivity contribution < 1.29 is 38.9 Å². The highest BCUT2D eigenvalue weighted by Crippen LogP contribution is 2.28. The van der Waals surface area contributed by atoms with E-state index in [0.717, 1.165) is 57.4 Å². The van der Waals surface area contributed by atoms with E-state index in [-0.39, 0.29) is 32.1 Å². The molecule has 0 bridgehead atoms. The van der Waals surface area contributed by atoms with Gasteiger partial charge in [-0.05, 0) is 161 Å². The average Bonchev–Trinajstić information content (AvgIpc) is 3.31. The summed E-state index contributed by atoms with van der Waals surface area (Å²) >= 11 is 28.1. The summed E-state index contributed by atoms with van der Waals surface area (Å²) in [7, 11) is 0. The number of aromatic nitrogens is 4. The number of pyridine rings is 4. The Morgan fingerprint density at radius 1 is 0.487 bits per heavy atom. The number of anilines is 3. The van der Waals surface area contributed by atoms with Gasteiger partial charge in [0, 0.05) is 31.2 Å². The molecule has 418 valence electrons. The van der Waals surface area contributed by atoms with Crippen molar-refractivity contribution in [3.8, 4) is 0 Å². The fourth-order valence-electron chi connectivity index (χ4n) is 7.56. The Balaban J connectivity index is 0.000000208. The molecule has 5 heterocycles. The molecule has 4 aromatic rings. The van der Waals surface area contributed by atoms with Gasteiger partial charge >= 0.3 is 23.9 Å². The van der Waals surface area contributed by atoms with Crippen molar-refractivity contribution in [3.63, 3.8) is 0 Å². The molecule has 0 aromatic carbocycles. The van der Waals surface area contributed by atoms with Gasteiger partial charge in [0.1, 0.15) is 54.4 Å². The smallest absolute Gasteiger partial charge is 0.338 e. The quantitative estimate of drug-likeness (QED) is 0.0774. The number of aromatic carboxylic acids is 2. The number of hydrogen-bond donors (Lipinski definition) is 5. The first-order valence-electron chi connectivity index (χ1n) is 26.1. The lowest BCUT2D eigenvalue weighted by Gasteiger charge is -2.30. The van der Waals surface area contributed by atoms with Crippen LogP contribution in [-0.4, -0.2) is 96.4 Å². The molecule has 0 amide bonds.